The normalized spacial score (nSPS) is 17.5. The lowest BCUT2D eigenvalue weighted by Gasteiger charge is -2.26. The van der Waals surface area contributed by atoms with E-state index in [1.807, 2.05) is 24.3 Å². The summed E-state index contributed by atoms with van der Waals surface area (Å²) in [6.45, 7) is 0. The van der Waals surface area contributed by atoms with Gasteiger partial charge in [0.2, 0.25) is 10.0 Å². The molecule has 3 rings (SSSR count). The zero-order chi connectivity index (χ0) is 16.4. The van der Waals surface area contributed by atoms with Gasteiger partial charge in [-0.05, 0) is 48.1 Å². The van der Waals surface area contributed by atoms with Crippen molar-refractivity contribution in [1.29, 1.82) is 0 Å². The Morgan fingerprint density at radius 2 is 1.91 bits per heavy atom. The number of nitrogens with one attached hydrogen (secondary N) is 1. The highest BCUT2D eigenvalue weighted by Gasteiger charge is 2.25. The maximum atomic E-state index is 12.6. The highest BCUT2D eigenvalue weighted by molar-refractivity contribution is 7.89. The first-order chi connectivity index (χ1) is 11.0. The number of rotatable bonds is 4. The average molecular weight is 330 g/mol. The summed E-state index contributed by atoms with van der Waals surface area (Å²) in [6.07, 6.45) is 2.56. The summed E-state index contributed by atoms with van der Waals surface area (Å²) < 4.78 is 27.8. The summed E-state index contributed by atoms with van der Waals surface area (Å²) in [7, 11) is -3.80. The second-order valence-corrected chi connectivity index (χ2v) is 7.29. The van der Waals surface area contributed by atoms with Crippen molar-refractivity contribution in [2.45, 2.75) is 30.2 Å². The summed E-state index contributed by atoms with van der Waals surface area (Å²) >= 11 is 0. The number of benzene rings is 2. The molecule has 5 nitrogen and oxygen atoms in total. The molecule has 2 aromatic carbocycles. The molecule has 0 aliphatic heterocycles. The van der Waals surface area contributed by atoms with Gasteiger partial charge in [0.15, 0.2) is 0 Å². The minimum Gasteiger partial charge on any atom is -0.545 e. The van der Waals surface area contributed by atoms with Crippen LogP contribution in [0.2, 0.25) is 0 Å². The highest BCUT2D eigenvalue weighted by Crippen LogP contribution is 2.30. The summed E-state index contributed by atoms with van der Waals surface area (Å²) in [5.41, 5.74) is 1.98. The number of carbonyl (C=O) groups is 1. The molecule has 0 unspecified atom stereocenters. The van der Waals surface area contributed by atoms with Crippen molar-refractivity contribution in [2.24, 2.45) is 0 Å². The van der Waals surface area contributed by atoms with Crippen molar-refractivity contribution >= 4 is 16.0 Å². The number of hydrogen-bond donors (Lipinski definition) is 1. The summed E-state index contributed by atoms with van der Waals surface area (Å²) in [4.78, 5) is 10.8. The Balaban J connectivity index is 1.91. The van der Waals surface area contributed by atoms with Crippen molar-refractivity contribution in [1.82, 2.24) is 4.72 Å². The molecule has 0 bridgehead atoms. The van der Waals surface area contributed by atoms with Gasteiger partial charge in [-0.2, -0.15) is 0 Å². The SMILES string of the molecule is O=C([O-])c1cccc(S(=O)(=O)N[C@H]2CCCc3ccccc32)c1. The predicted octanol–water partition coefficient (Wildman–Crippen LogP) is 1.41. The summed E-state index contributed by atoms with van der Waals surface area (Å²) in [5.74, 6) is -1.40. The number of carboxylic acid groups (broad SMARTS) is 1. The van der Waals surface area contributed by atoms with Crippen molar-refractivity contribution in [3.8, 4) is 0 Å². The lowest BCUT2D eigenvalue weighted by Crippen LogP contribution is -2.31. The van der Waals surface area contributed by atoms with Crippen LogP contribution in [0.15, 0.2) is 53.4 Å². The Kier molecular flexibility index (Phi) is 4.19. The van der Waals surface area contributed by atoms with Gasteiger partial charge >= 0.3 is 0 Å². The van der Waals surface area contributed by atoms with Gasteiger partial charge in [-0.25, -0.2) is 13.1 Å². The number of fused-ring (bicyclic) bond motifs is 1. The van der Waals surface area contributed by atoms with E-state index in [1.165, 1.54) is 18.2 Å². The Bertz CT molecular complexity index is 845. The second-order valence-electron chi connectivity index (χ2n) is 5.58. The molecular weight excluding hydrogens is 314 g/mol. The smallest absolute Gasteiger partial charge is 0.241 e. The van der Waals surface area contributed by atoms with Crippen LogP contribution in [0.1, 0.15) is 40.4 Å². The zero-order valence-corrected chi connectivity index (χ0v) is 13.2. The molecule has 1 aliphatic carbocycles. The van der Waals surface area contributed by atoms with Gasteiger partial charge < -0.3 is 9.90 Å². The van der Waals surface area contributed by atoms with E-state index < -0.39 is 16.0 Å². The van der Waals surface area contributed by atoms with E-state index in [2.05, 4.69) is 4.72 Å². The number of aromatic carboxylic acids is 1. The standard InChI is InChI=1S/C17H17NO4S/c19-17(20)13-7-3-8-14(11-13)23(21,22)18-16-10-4-6-12-5-1-2-9-15(12)16/h1-3,5,7-9,11,16,18H,4,6,10H2,(H,19,20)/p-1/t16-/m0/s1. The maximum Gasteiger partial charge on any atom is 0.241 e. The van der Waals surface area contributed by atoms with Crippen LogP contribution in [-0.2, 0) is 16.4 Å². The van der Waals surface area contributed by atoms with Crippen LogP contribution < -0.4 is 9.83 Å². The van der Waals surface area contributed by atoms with Crippen molar-refractivity contribution in [3.05, 3.63) is 65.2 Å². The van der Waals surface area contributed by atoms with Crippen LogP contribution in [0.25, 0.3) is 0 Å². The zero-order valence-electron chi connectivity index (χ0n) is 12.4. The molecule has 6 heteroatoms. The van der Waals surface area contributed by atoms with Gasteiger partial charge in [0.1, 0.15) is 0 Å². The van der Waals surface area contributed by atoms with E-state index in [9.17, 15) is 18.3 Å². The topological polar surface area (TPSA) is 86.3 Å². The van der Waals surface area contributed by atoms with E-state index in [0.717, 1.165) is 36.5 Å². The molecule has 120 valence electrons. The lowest BCUT2D eigenvalue weighted by molar-refractivity contribution is -0.255. The van der Waals surface area contributed by atoms with Gasteiger partial charge in [0.05, 0.1) is 10.9 Å². The third-order valence-corrected chi connectivity index (χ3v) is 5.52. The lowest BCUT2D eigenvalue weighted by atomic mass is 9.88. The van der Waals surface area contributed by atoms with Crippen LogP contribution in [0, 0.1) is 0 Å². The number of aryl methyl sites for hydroxylation is 1. The molecule has 0 saturated heterocycles. The average Bonchev–Trinajstić information content (AvgIpc) is 2.55. The van der Waals surface area contributed by atoms with E-state index in [0.29, 0.717) is 0 Å². The first-order valence-electron chi connectivity index (χ1n) is 7.39. The first-order valence-corrected chi connectivity index (χ1v) is 8.87. The van der Waals surface area contributed by atoms with Gasteiger partial charge in [0.25, 0.3) is 0 Å². The molecule has 0 fully saturated rings. The van der Waals surface area contributed by atoms with Crippen molar-refractivity contribution < 1.29 is 18.3 Å². The molecule has 23 heavy (non-hydrogen) atoms. The van der Waals surface area contributed by atoms with Crippen LogP contribution >= 0.6 is 0 Å². The molecule has 2 aromatic rings. The number of carbonyl (C=O) groups excluding carboxylic acids is 1. The molecule has 0 spiro atoms. The van der Waals surface area contributed by atoms with Gasteiger partial charge in [-0.1, -0.05) is 36.4 Å². The van der Waals surface area contributed by atoms with Gasteiger partial charge in [-0.15, -0.1) is 0 Å². The molecule has 0 radical (unpaired) electrons. The second kappa shape index (κ2) is 6.14. The molecule has 1 aliphatic rings. The third kappa shape index (κ3) is 3.28. The Hall–Kier alpha value is -2.18. The largest absolute Gasteiger partial charge is 0.545 e. The van der Waals surface area contributed by atoms with Crippen molar-refractivity contribution in [3.63, 3.8) is 0 Å². The molecule has 0 amide bonds. The van der Waals surface area contributed by atoms with E-state index in [4.69, 9.17) is 0 Å². The van der Waals surface area contributed by atoms with Crippen LogP contribution in [0.4, 0.5) is 0 Å². The van der Waals surface area contributed by atoms with Gasteiger partial charge in [-0.3, -0.25) is 0 Å². The summed E-state index contributed by atoms with van der Waals surface area (Å²) in [6, 6.07) is 12.7. The van der Waals surface area contributed by atoms with Crippen LogP contribution in [0.3, 0.4) is 0 Å². The van der Waals surface area contributed by atoms with E-state index >= 15 is 0 Å². The fraction of sp³-hybridized carbons (Fsp3) is 0.235. The van der Waals surface area contributed by atoms with Gasteiger partial charge in [0, 0.05) is 6.04 Å². The Morgan fingerprint density at radius 1 is 1.13 bits per heavy atom. The quantitative estimate of drug-likeness (QED) is 0.918. The van der Waals surface area contributed by atoms with Crippen LogP contribution in [-0.4, -0.2) is 14.4 Å². The Labute approximate surface area is 135 Å². The minimum absolute atomic E-state index is 0.0674. The fourth-order valence-corrected chi connectivity index (χ4v) is 4.22. The molecule has 1 atom stereocenters. The summed E-state index contributed by atoms with van der Waals surface area (Å²) in [5, 5.41) is 10.9. The number of sulfonamides is 1. The van der Waals surface area contributed by atoms with E-state index in [1.54, 1.807) is 0 Å². The molecule has 0 saturated carbocycles. The van der Waals surface area contributed by atoms with E-state index in [-0.39, 0.29) is 16.5 Å². The van der Waals surface area contributed by atoms with Crippen LogP contribution in [0.5, 0.6) is 0 Å². The molecule has 0 heterocycles. The monoisotopic (exact) mass is 330 g/mol. The fourth-order valence-electron chi connectivity index (χ4n) is 2.92. The first kappa shape index (κ1) is 15.7. The predicted molar refractivity (Wildman–Crippen MR) is 83.2 cm³/mol. The molecule has 0 aromatic heterocycles. The molecular formula is C17H16NO4S-. The maximum absolute atomic E-state index is 12.6. The number of hydrogen-bond acceptors (Lipinski definition) is 4. The highest BCUT2D eigenvalue weighted by atomic mass is 32.2. The third-order valence-electron chi connectivity index (χ3n) is 4.05. The Morgan fingerprint density at radius 3 is 2.70 bits per heavy atom. The van der Waals surface area contributed by atoms with Crippen molar-refractivity contribution in [2.75, 3.05) is 0 Å². The molecule has 1 N–H and O–H groups in total. The minimum atomic E-state index is -3.80. The number of carboxylic acids is 1.